The van der Waals surface area contributed by atoms with E-state index in [2.05, 4.69) is 9.97 Å². The number of nitrogens with zero attached hydrogens (tertiary/aromatic N) is 1. The number of aromatic nitrogens is 2. The van der Waals surface area contributed by atoms with Crippen LogP contribution in [0.15, 0.2) is 18.2 Å². The zero-order chi connectivity index (χ0) is 11.5. The lowest BCUT2D eigenvalue weighted by Gasteiger charge is -2.09. The smallest absolute Gasteiger partial charge is 0.104 e. The van der Waals surface area contributed by atoms with Crippen LogP contribution in [0.4, 0.5) is 0 Å². The molecular weight excluding hydrogens is 220 g/mol. The Morgan fingerprint density at radius 1 is 1.50 bits per heavy atom. The largest absolute Gasteiger partial charge is 0.388 e. The number of aryl methyl sites for hydroxylation is 1. The number of hydrogen-bond acceptors (Lipinski definition) is 3. The van der Waals surface area contributed by atoms with E-state index in [1.165, 1.54) is 0 Å². The molecular formula is C12H16N2OS. The minimum atomic E-state index is -0.375. The molecule has 3 nitrogen and oxygen atoms in total. The maximum atomic E-state index is 9.97. The van der Waals surface area contributed by atoms with Gasteiger partial charge in [0, 0.05) is 0 Å². The predicted octanol–water partition coefficient (Wildman–Crippen LogP) is 2.66. The number of thioether (sulfide) groups is 1. The van der Waals surface area contributed by atoms with Gasteiger partial charge in [-0.15, -0.1) is 0 Å². The standard InChI is InChI=1S/C12H16N2OS/c1-8-13-10-4-3-9(7-11(10)14-8)12(15)5-6-16-2/h3-4,7,12,15H,5-6H2,1-2H3,(H,13,14). The molecule has 1 heterocycles. The van der Waals surface area contributed by atoms with Crippen molar-refractivity contribution in [2.75, 3.05) is 12.0 Å². The second-order valence-corrected chi connectivity index (χ2v) is 4.88. The van der Waals surface area contributed by atoms with Crippen LogP contribution >= 0.6 is 11.8 Å². The van der Waals surface area contributed by atoms with E-state index in [1.54, 1.807) is 11.8 Å². The van der Waals surface area contributed by atoms with Crippen LogP contribution in [-0.2, 0) is 0 Å². The first-order valence-corrected chi connectivity index (χ1v) is 6.73. The number of nitrogens with one attached hydrogen (secondary N) is 1. The number of rotatable bonds is 4. The Balaban J connectivity index is 2.24. The van der Waals surface area contributed by atoms with E-state index in [0.717, 1.165) is 34.6 Å². The van der Waals surface area contributed by atoms with E-state index in [-0.39, 0.29) is 6.10 Å². The first-order valence-electron chi connectivity index (χ1n) is 5.34. The van der Waals surface area contributed by atoms with Crippen molar-refractivity contribution >= 4 is 22.8 Å². The zero-order valence-electron chi connectivity index (χ0n) is 9.53. The minimum Gasteiger partial charge on any atom is -0.388 e. The Bertz CT molecular complexity index is 481. The molecule has 1 aromatic carbocycles. The van der Waals surface area contributed by atoms with E-state index >= 15 is 0 Å². The van der Waals surface area contributed by atoms with Crippen molar-refractivity contribution in [1.82, 2.24) is 9.97 Å². The van der Waals surface area contributed by atoms with Crippen LogP contribution in [0.1, 0.15) is 23.9 Å². The molecule has 0 amide bonds. The molecule has 0 bridgehead atoms. The van der Waals surface area contributed by atoms with E-state index in [0.29, 0.717) is 0 Å². The van der Waals surface area contributed by atoms with Crippen LogP contribution in [0.2, 0.25) is 0 Å². The van der Waals surface area contributed by atoms with Gasteiger partial charge in [0.2, 0.25) is 0 Å². The normalized spacial score (nSPS) is 13.2. The van der Waals surface area contributed by atoms with Crippen LogP contribution < -0.4 is 0 Å². The van der Waals surface area contributed by atoms with Crippen LogP contribution in [-0.4, -0.2) is 27.1 Å². The van der Waals surface area contributed by atoms with Crippen LogP contribution in [0, 0.1) is 6.92 Å². The van der Waals surface area contributed by atoms with Crippen molar-refractivity contribution in [3.05, 3.63) is 29.6 Å². The number of aliphatic hydroxyl groups excluding tert-OH is 1. The van der Waals surface area contributed by atoms with Crippen LogP contribution in [0.5, 0.6) is 0 Å². The van der Waals surface area contributed by atoms with Gasteiger partial charge in [0.25, 0.3) is 0 Å². The summed E-state index contributed by atoms with van der Waals surface area (Å²) in [4.78, 5) is 7.52. The molecule has 0 saturated carbocycles. The monoisotopic (exact) mass is 236 g/mol. The summed E-state index contributed by atoms with van der Waals surface area (Å²) in [7, 11) is 0. The third-order valence-electron chi connectivity index (χ3n) is 2.60. The van der Waals surface area contributed by atoms with Gasteiger partial charge < -0.3 is 10.1 Å². The van der Waals surface area contributed by atoms with E-state index in [9.17, 15) is 5.11 Å². The number of aliphatic hydroxyl groups is 1. The molecule has 0 fully saturated rings. The molecule has 0 aliphatic carbocycles. The quantitative estimate of drug-likeness (QED) is 0.858. The maximum absolute atomic E-state index is 9.97. The Labute approximate surface area is 99.3 Å². The number of imidazole rings is 1. The molecule has 1 aromatic heterocycles. The van der Waals surface area contributed by atoms with Crippen molar-refractivity contribution in [1.29, 1.82) is 0 Å². The molecule has 1 unspecified atom stereocenters. The molecule has 1 atom stereocenters. The molecule has 16 heavy (non-hydrogen) atoms. The third-order valence-corrected chi connectivity index (χ3v) is 3.25. The second-order valence-electron chi connectivity index (χ2n) is 3.90. The molecule has 0 aliphatic heterocycles. The van der Waals surface area contributed by atoms with Crippen molar-refractivity contribution in [3.8, 4) is 0 Å². The lowest BCUT2D eigenvalue weighted by Crippen LogP contribution is -1.98. The topological polar surface area (TPSA) is 48.9 Å². The Morgan fingerprint density at radius 2 is 2.31 bits per heavy atom. The highest BCUT2D eigenvalue weighted by molar-refractivity contribution is 7.98. The Kier molecular flexibility index (Phi) is 3.51. The fourth-order valence-corrected chi connectivity index (χ4v) is 2.22. The number of H-pyrrole nitrogens is 1. The van der Waals surface area contributed by atoms with Gasteiger partial charge in [-0.2, -0.15) is 11.8 Å². The van der Waals surface area contributed by atoms with Gasteiger partial charge >= 0.3 is 0 Å². The molecule has 0 spiro atoms. The molecule has 2 aromatic rings. The van der Waals surface area contributed by atoms with Crippen LogP contribution in [0.3, 0.4) is 0 Å². The second kappa shape index (κ2) is 4.89. The average Bonchev–Trinajstić information content (AvgIpc) is 2.64. The molecule has 4 heteroatoms. The summed E-state index contributed by atoms with van der Waals surface area (Å²) < 4.78 is 0. The van der Waals surface area contributed by atoms with E-state index in [1.807, 2.05) is 31.4 Å². The Morgan fingerprint density at radius 3 is 3.06 bits per heavy atom. The lowest BCUT2D eigenvalue weighted by molar-refractivity contribution is 0.175. The summed E-state index contributed by atoms with van der Waals surface area (Å²) in [6.45, 7) is 1.93. The van der Waals surface area contributed by atoms with Gasteiger partial charge in [-0.05, 0) is 43.0 Å². The minimum absolute atomic E-state index is 0.375. The van der Waals surface area contributed by atoms with Gasteiger partial charge in [-0.1, -0.05) is 6.07 Å². The van der Waals surface area contributed by atoms with Gasteiger partial charge in [0.05, 0.1) is 17.1 Å². The average molecular weight is 236 g/mol. The van der Waals surface area contributed by atoms with Gasteiger partial charge in [0.1, 0.15) is 5.82 Å². The molecule has 86 valence electrons. The summed E-state index contributed by atoms with van der Waals surface area (Å²) in [5.74, 6) is 1.88. The SMILES string of the molecule is CSCCC(O)c1ccc2nc(C)[nH]c2c1. The molecule has 2 rings (SSSR count). The third kappa shape index (κ3) is 2.39. The van der Waals surface area contributed by atoms with Crippen molar-refractivity contribution in [2.24, 2.45) is 0 Å². The number of aromatic amines is 1. The first-order chi connectivity index (χ1) is 7.70. The molecule has 2 N–H and O–H groups in total. The van der Waals surface area contributed by atoms with E-state index < -0.39 is 0 Å². The fourth-order valence-electron chi connectivity index (χ4n) is 1.76. The zero-order valence-corrected chi connectivity index (χ0v) is 10.3. The highest BCUT2D eigenvalue weighted by Crippen LogP contribution is 2.22. The van der Waals surface area contributed by atoms with Crippen molar-refractivity contribution in [2.45, 2.75) is 19.4 Å². The van der Waals surface area contributed by atoms with Gasteiger partial charge in [-0.3, -0.25) is 0 Å². The summed E-state index contributed by atoms with van der Waals surface area (Å²) in [5.41, 5.74) is 2.92. The Hall–Kier alpha value is -1.00. The van der Waals surface area contributed by atoms with Gasteiger partial charge in [0.15, 0.2) is 0 Å². The summed E-state index contributed by atoms with van der Waals surface area (Å²) in [6, 6.07) is 5.89. The molecule has 0 saturated heterocycles. The highest BCUT2D eigenvalue weighted by Gasteiger charge is 2.08. The van der Waals surface area contributed by atoms with Gasteiger partial charge in [-0.25, -0.2) is 4.98 Å². The maximum Gasteiger partial charge on any atom is 0.104 e. The fraction of sp³-hybridized carbons (Fsp3) is 0.417. The van der Waals surface area contributed by atoms with E-state index in [4.69, 9.17) is 0 Å². The summed E-state index contributed by atoms with van der Waals surface area (Å²) >= 11 is 1.75. The highest BCUT2D eigenvalue weighted by atomic mass is 32.2. The lowest BCUT2D eigenvalue weighted by atomic mass is 10.1. The number of fused-ring (bicyclic) bond motifs is 1. The summed E-state index contributed by atoms with van der Waals surface area (Å²) in [5, 5.41) is 9.97. The summed E-state index contributed by atoms with van der Waals surface area (Å²) in [6.07, 6.45) is 2.47. The molecule has 0 aliphatic rings. The molecule has 0 radical (unpaired) electrons. The number of benzene rings is 1. The first kappa shape index (κ1) is 11.5. The van der Waals surface area contributed by atoms with Crippen molar-refractivity contribution in [3.63, 3.8) is 0 Å². The van der Waals surface area contributed by atoms with Crippen LogP contribution in [0.25, 0.3) is 11.0 Å². The predicted molar refractivity (Wildman–Crippen MR) is 68.8 cm³/mol. The van der Waals surface area contributed by atoms with Crippen molar-refractivity contribution < 1.29 is 5.11 Å². The number of hydrogen-bond donors (Lipinski definition) is 2.